The van der Waals surface area contributed by atoms with Crippen LogP contribution in [0, 0.1) is 23.7 Å². The number of imide groups is 1. The van der Waals surface area contributed by atoms with Gasteiger partial charge in [-0.25, -0.2) is 0 Å². The summed E-state index contributed by atoms with van der Waals surface area (Å²) in [4.78, 5) is 110. The fourth-order valence-corrected chi connectivity index (χ4v) is 10.5. The summed E-state index contributed by atoms with van der Waals surface area (Å²) in [5.41, 5.74) is 13.7. The molecule has 5 fully saturated rings. The third-order valence-corrected chi connectivity index (χ3v) is 14.1. The Bertz CT molecular complexity index is 2020. The van der Waals surface area contributed by atoms with E-state index in [2.05, 4.69) is 27.8 Å². The van der Waals surface area contributed by atoms with E-state index in [9.17, 15) is 43.5 Å². The minimum Gasteiger partial charge on any atom is -0.393 e. The number of hydrogen-bond acceptors (Lipinski definition) is 10. The van der Waals surface area contributed by atoms with Gasteiger partial charge in [-0.15, -0.1) is 0 Å². The van der Waals surface area contributed by atoms with Crippen LogP contribution >= 0.6 is 0 Å². The van der Waals surface area contributed by atoms with Crippen molar-refractivity contribution < 1.29 is 43.5 Å². The highest BCUT2D eigenvalue weighted by molar-refractivity contribution is 6.05. The van der Waals surface area contributed by atoms with Gasteiger partial charge in [0.25, 0.3) is 5.91 Å². The molecule has 0 aromatic heterocycles. The SMILES string of the molecule is NC(=O)CC[C@H](NC(=O)[C@@H]1CC[C@@H]2C[C@H](O)CC[C@H](N)C(=O)N21)C(=O)N[C@H](C(=O)N1CCC(CCC#Cc2cccc3c2CN(C2CCC(=O)NC2=O)C3=O)CC1)C1CCCCC1. The van der Waals surface area contributed by atoms with Crippen LogP contribution in [0.5, 0.6) is 0 Å². The number of nitrogens with one attached hydrogen (secondary N) is 3. The second kappa shape index (κ2) is 20.4. The molecule has 0 radical (unpaired) electrons. The van der Waals surface area contributed by atoms with E-state index in [1.807, 2.05) is 11.0 Å². The number of hydrogen-bond donors (Lipinski definition) is 6. The van der Waals surface area contributed by atoms with Crippen molar-refractivity contribution >= 4 is 47.3 Å². The van der Waals surface area contributed by atoms with Crippen molar-refractivity contribution in [3.05, 3.63) is 34.9 Å². The molecule has 4 saturated heterocycles. The summed E-state index contributed by atoms with van der Waals surface area (Å²) in [5.74, 6) is 3.43. The van der Waals surface area contributed by atoms with Crippen molar-refractivity contribution in [1.82, 2.24) is 30.7 Å². The van der Waals surface area contributed by atoms with Crippen molar-refractivity contribution in [2.45, 2.75) is 164 Å². The maximum atomic E-state index is 14.3. The number of carbonyl (C=O) groups excluding carboxylic acids is 8. The van der Waals surface area contributed by atoms with Crippen LogP contribution in [-0.4, -0.2) is 123 Å². The lowest BCUT2D eigenvalue weighted by atomic mass is 9.82. The number of primary amides is 1. The van der Waals surface area contributed by atoms with Crippen molar-refractivity contribution in [3.8, 4) is 11.8 Å². The number of aliphatic hydroxyl groups excluding tert-OH is 1. The second-order valence-corrected chi connectivity index (χ2v) is 18.4. The van der Waals surface area contributed by atoms with Gasteiger partial charge in [-0.1, -0.05) is 37.2 Å². The van der Waals surface area contributed by atoms with Crippen LogP contribution in [0.3, 0.4) is 0 Å². The molecule has 7 rings (SSSR count). The molecule has 1 unspecified atom stereocenters. The number of piperidine rings is 2. The second-order valence-electron chi connectivity index (χ2n) is 18.4. The minimum atomic E-state index is -1.18. The van der Waals surface area contributed by atoms with E-state index >= 15 is 0 Å². The minimum absolute atomic E-state index is 0.0826. The smallest absolute Gasteiger partial charge is 0.255 e. The van der Waals surface area contributed by atoms with E-state index in [1.54, 1.807) is 12.1 Å². The van der Waals surface area contributed by atoms with Crippen LogP contribution < -0.4 is 27.4 Å². The quantitative estimate of drug-likeness (QED) is 0.128. The molecular weight excluding hydrogens is 809 g/mol. The summed E-state index contributed by atoms with van der Waals surface area (Å²) in [6.07, 6.45) is 8.85. The Hall–Kier alpha value is -5.34. The molecule has 5 aliphatic heterocycles. The lowest BCUT2D eigenvalue weighted by molar-refractivity contribution is -0.144. The zero-order chi connectivity index (χ0) is 44.8. The van der Waals surface area contributed by atoms with Gasteiger partial charge in [0.15, 0.2) is 0 Å². The average molecular weight is 871 g/mol. The molecule has 8 amide bonds. The summed E-state index contributed by atoms with van der Waals surface area (Å²) >= 11 is 0. The van der Waals surface area contributed by atoms with Gasteiger partial charge in [-0.3, -0.25) is 43.7 Å². The molecular formula is C46H62N8O9. The first-order chi connectivity index (χ1) is 30.3. The molecule has 0 spiro atoms. The van der Waals surface area contributed by atoms with Crippen LogP contribution in [0.2, 0.25) is 0 Å². The maximum Gasteiger partial charge on any atom is 0.255 e. The summed E-state index contributed by atoms with van der Waals surface area (Å²) in [6.45, 7) is 1.30. The molecule has 340 valence electrons. The Morgan fingerprint density at radius 1 is 0.921 bits per heavy atom. The maximum absolute atomic E-state index is 14.3. The number of benzene rings is 1. The first-order valence-electron chi connectivity index (χ1n) is 23.0. The van der Waals surface area contributed by atoms with E-state index in [0.29, 0.717) is 69.5 Å². The first kappa shape index (κ1) is 45.7. The molecule has 6 aliphatic rings. The molecule has 63 heavy (non-hydrogen) atoms. The van der Waals surface area contributed by atoms with E-state index < -0.39 is 59.9 Å². The van der Waals surface area contributed by atoms with Gasteiger partial charge < -0.3 is 41.9 Å². The van der Waals surface area contributed by atoms with Crippen molar-refractivity contribution in [3.63, 3.8) is 0 Å². The number of amides is 8. The molecule has 7 atom stereocenters. The van der Waals surface area contributed by atoms with Gasteiger partial charge in [0.05, 0.1) is 12.1 Å². The Morgan fingerprint density at radius 3 is 2.41 bits per heavy atom. The first-order valence-corrected chi connectivity index (χ1v) is 23.0. The molecule has 1 aromatic carbocycles. The van der Waals surface area contributed by atoms with Gasteiger partial charge in [-0.2, -0.15) is 0 Å². The van der Waals surface area contributed by atoms with E-state index in [4.69, 9.17) is 11.5 Å². The Labute approximate surface area is 368 Å². The predicted molar refractivity (Wildman–Crippen MR) is 228 cm³/mol. The molecule has 8 N–H and O–H groups in total. The fourth-order valence-electron chi connectivity index (χ4n) is 10.5. The van der Waals surface area contributed by atoms with Crippen molar-refractivity contribution in [1.29, 1.82) is 0 Å². The highest BCUT2D eigenvalue weighted by Gasteiger charge is 2.46. The molecule has 0 bridgehead atoms. The van der Waals surface area contributed by atoms with Crippen LogP contribution in [-0.2, 0) is 40.1 Å². The van der Waals surface area contributed by atoms with Gasteiger partial charge >= 0.3 is 0 Å². The molecule has 5 heterocycles. The number of likely N-dealkylation sites (tertiary alicyclic amines) is 1. The number of fused-ring (bicyclic) bond motifs is 2. The third-order valence-electron chi connectivity index (χ3n) is 14.1. The van der Waals surface area contributed by atoms with E-state index in [0.717, 1.165) is 62.5 Å². The standard InChI is InChI=1S/C46H62N8O9/c47-34-15-14-31(55)25-30-13-17-37(54(30)45(34)62)43(60)49-35(16-19-38(48)56)41(58)51-40(29-9-2-1-3-10-29)46(63)52-23-21-27(22-24-52)7-4-5-8-28-11-6-12-32-33(28)26-53(44(32)61)36-18-20-39(57)50-42(36)59/h6,11-12,27,29-31,34-37,40,55H,1-4,7,9-10,13-26,47H2,(H2,48,56)(H,49,60)(H,51,58)(H,50,57,59)/t30-,31-,34+,35+,36?,37+,40+/m1/s1. The van der Waals surface area contributed by atoms with Gasteiger partial charge in [-0.05, 0) is 107 Å². The zero-order valence-electron chi connectivity index (χ0n) is 36.0. The Morgan fingerprint density at radius 2 is 1.68 bits per heavy atom. The molecule has 17 heteroatoms. The van der Waals surface area contributed by atoms with Crippen molar-refractivity contribution in [2.24, 2.45) is 23.3 Å². The lowest BCUT2D eigenvalue weighted by Gasteiger charge is -2.38. The van der Waals surface area contributed by atoms with Crippen LogP contribution in [0.4, 0.5) is 0 Å². The predicted octanol–water partition coefficient (Wildman–Crippen LogP) is 0.865. The average Bonchev–Trinajstić information content (AvgIpc) is 3.84. The molecule has 1 saturated carbocycles. The number of aliphatic hydroxyl groups is 1. The monoisotopic (exact) mass is 870 g/mol. The normalized spacial score (nSPS) is 26.6. The topological polar surface area (TPSA) is 255 Å². The number of nitrogens with zero attached hydrogens (tertiary/aromatic N) is 3. The highest BCUT2D eigenvalue weighted by Crippen LogP contribution is 2.33. The van der Waals surface area contributed by atoms with E-state index in [-0.39, 0.29) is 61.4 Å². The molecule has 1 aliphatic carbocycles. The summed E-state index contributed by atoms with van der Waals surface area (Å²) < 4.78 is 0. The third kappa shape index (κ3) is 10.7. The fraction of sp³-hybridized carbons (Fsp3) is 0.652. The summed E-state index contributed by atoms with van der Waals surface area (Å²) in [5, 5.41) is 18.6. The summed E-state index contributed by atoms with van der Waals surface area (Å²) in [7, 11) is 0. The van der Waals surface area contributed by atoms with Gasteiger partial charge in [0.1, 0.15) is 24.2 Å². The van der Waals surface area contributed by atoms with Gasteiger partial charge in [0, 0.05) is 56.1 Å². The Balaban J connectivity index is 0.951. The van der Waals surface area contributed by atoms with Crippen molar-refractivity contribution in [2.75, 3.05) is 13.1 Å². The number of nitrogens with two attached hydrogens (primary N) is 2. The molecule has 17 nitrogen and oxygen atoms in total. The number of rotatable bonds is 12. The summed E-state index contributed by atoms with van der Waals surface area (Å²) in [6, 6.07) is 0.602. The number of carbonyl (C=O) groups is 8. The lowest BCUT2D eigenvalue weighted by Crippen LogP contribution is -2.60. The zero-order valence-corrected chi connectivity index (χ0v) is 36.0. The van der Waals surface area contributed by atoms with E-state index in [1.165, 1.54) is 9.80 Å². The highest BCUT2D eigenvalue weighted by atomic mass is 16.3. The van der Waals surface area contributed by atoms with Crippen LogP contribution in [0.1, 0.15) is 137 Å². The largest absolute Gasteiger partial charge is 0.393 e. The van der Waals surface area contributed by atoms with Crippen LogP contribution in [0.15, 0.2) is 18.2 Å². The van der Waals surface area contributed by atoms with Gasteiger partial charge in [0.2, 0.25) is 41.4 Å². The van der Waals surface area contributed by atoms with Crippen LogP contribution in [0.25, 0.3) is 0 Å². The molecule has 1 aromatic rings. The Kier molecular flexibility index (Phi) is 14.8.